The first-order valence-electron chi connectivity index (χ1n) is 9.23. The van der Waals surface area contributed by atoms with Gasteiger partial charge in [0.25, 0.3) is 16.8 Å². The van der Waals surface area contributed by atoms with Gasteiger partial charge in [0.2, 0.25) is 0 Å². The maximum atomic E-state index is 11.9. The van der Waals surface area contributed by atoms with E-state index in [9.17, 15) is 39.9 Å². The highest BCUT2D eigenvalue weighted by atomic mass is 16.6. The summed E-state index contributed by atoms with van der Waals surface area (Å²) in [5.74, 6) is 0. The maximum absolute atomic E-state index is 11.9. The number of aromatic nitrogens is 2. The molecule has 0 aliphatic heterocycles. The van der Waals surface area contributed by atoms with E-state index in [4.69, 9.17) is 0 Å². The summed E-state index contributed by atoms with van der Waals surface area (Å²) in [5.41, 5.74) is -0.182. The first-order valence-corrected chi connectivity index (χ1v) is 9.23. The van der Waals surface area contributed by atoms with Crippen LogP contribution in [0.3, 0.4) is 0 Å². The lowest BCUT2D eigenvalue weighted by Gasteiger charge is -2.01. The quantitative estimate of drug-likeness (QED) is 0.347. The molecule has 2 aromatic carbocycles. The number of nitro groups is 3. The van der Waals surface area contributed by atoms with Gasteiger partial charge in [-0.25, -0.2) is 0 Å². The molecule has 13 heteroatoms. The van der Waals surface area contributed by atoms with Gasteiger partial charge in [-0.05, 0) is 26.0 Å². The third kappa shape index (κ3) is 4.56. The fraction of sp³-hybridized carbons (Fsp3) is 0.100. The monoisotopic (exact) mass is 453 g/mol. The van der Waals surface area contributed by atoms with Gasteiger partial charge in [0.1, 0.15) is 0 Å². The number of aryl methyl sites for hydroxylation is 2. The zero-order valence-electron chi connectivity index (χ0n) is 17.1. The zero-order valence-corrected chi connectivity index (χ0v) is 17.1. The number of hydrogen-bond donors (Lipinski definition) is 2. The second-order valence-corrected chi connectivity index (χ2v) is 6.98. The second kappa shape index (κ2) is 8.66. The minimum atomic E-state index is -0.824. The summed E-state index contributed by atoms with van der Waals surface area (Å²) >= 11 is 0. The summed E-state index contributed by atoms with van der Waals surface area (Å²) in [7, 11) is 0. The molecule has 0 saturated heterocycles. The minimum absolute atomic E-state index is 0.0681. The van der Waals surface area contributed by atoms with Gasteiger partial charge in [-0.3, -0.25) is 39.9 Å². The highest BCUT2D eigenvalue weighted by molar-refractivity contribution is 5.83. The van der Waals surface area contributed by atoms with Crippen LogP contribution in [-0.4, -0.2) is 24.7 Å². The van der Waals surface area contributed by atoms with E-state index >= 15 is 0 Å². The lowest BCUT2D eigenvalue weighted by Crippen LogP contribution is -2.12. The van der Waals surface area contributed by atoms with Gasteiger partial charge in [-0.15, -0.1) is 0 Å². The molecule has 13 nitrogen and oxygen atoms in total. The molecule has 0 atom stereocenters. The zero-order chi connectivity index (χ0) is 24.4. The molecule has 168 valence electrons. The molecule has 0 saturated carbocycles. The smallest absolute Gasteiger partial charge is 0.335 e. The van der Waals surface area contributed by atoms with Gasteiger partial charge in [0.05, 0.1) is 36.8 Å². The predicted octanol–water partition coefficient (Wildman–Crippen LogP) is 3.40. The van der Waals surface area contributed by atoms with E-state index in [0.29, 0.717) is 16.4 Å². The van der Waals surface area contributed by atoms with E-state index in [1.807, 2.05) is 0 Å². The molecular formula is C20H15N5O8. The van der Waals surface area contributed by atoms with Crippen molar-refractivity contribution < 1.29 is 14.8 Å². The second-order valence-electron chi connectivity index (χ2n) is 6.98. The van der Waals surface area contributed by atoms with Crippen LogP contribution in [0.5, 0.6) is 0 Å². The molecule has 2 N–H and O–H groups in total. The minimum Gasteiger partial charge on any atom is -0.358 e. The fourth-order valence-electron chi connectivity index (χ4n) is 3.20. The van der Waals surface area contributed by atoms with E-state index in [0.717, 1.165) is 11.8 Å². The average Bonchev–Trinajstić information content (AvgIpc) is 2.73. The number of nitrogens with one attached hydrogen (secondary N) is 2. The largest absolute Gasteiger partial charge is 0.358 e. The molecule has 33 heavy (non-hydrogen) atoms. The van der Waals surface area contributed by atoms with Crippen LogP contribution in [0.4, 0.5) is 17.1 Å². The number of benzene rings is 2. The van der Waals surface area contributed by atoms with E-state index in [1.54, 1.807) is 13.0 Å². The summed E-state index contributed by atoms with van der Waals surface area (Å²) < 4.78 is 0. The summed E-state index contributed by atoms with van der Waals surface area (Å²) in [4.78, 5) is 59.0. The van der Waals surface area contributed by atoms with Crippen LogP contribution >= 0.6 is 0 Å². The molecule has 0 amide bonds. The van der Waals surface area contributed by atoms with Crippen molar-refractivity contribution in [1.29, 1.82) is 0 Å². The first-order chi connectivity index (χ1) is 15.5. The number of fused-ring (bicyclic) bond motifs is 2. The van der Waals surface area contributed by atoms with Crippen molar-refractivity contribution in [2.45, 2.75) is 13.8 Å². The van der Waals surface area contributed by atoms with Crippen molar-refractivity contribution in [3.8, 4) is 0 Å². The van der Waals surface area contributed by atoms with E-state index in [1.165, 1.54) is 37.3 Å². The molecule has 0 aliphatic rings. The molecule has 2 heterocycles. The summed E-state index contributed by atoms with van der Waals surface area (Å²) in [5, 5.41) is 32.1. The van der Waals surface area contributed by atoms with Crippen LogP contribution in [0.1, 0.15) is 11.4 Å². The fourth-order valence-corrected chi connectivity index (χ4v) is 3.20. The average molecular weight is 453 g/mol. The van der Waals surface area contributed by atoms with Crippen LogP contribution in [0.25, 0.3) is 21.8 Å². The molecule has 0 fully saturated rings. The van der Waals surface area contributed by atoms with Crippen LogP contribution in [0.2, 0.25) is 0 Å². The Morgan fingerprint density at radius 1 is 0.697 bits per heavy atom. The molecule has 4 rings (SSSR count). The van der Waals surface area contributed by atoms with Crippen molar-refractivity contribution in [3.63, 3.8) is 0 Å². The topological polar surface area (TPSA) is 195 Å². The SMILES string of the molecule is Cc1[nH]c2ccc([N+](=O)[O-])cc2c(=O)c1[N+](=O)[O-].Cc1cc(=O)c2cc([N+](=O)[O-])ccc2[nH]1. The Balaban J connectivity index is 0.000000189. The Hall–Kier alpha value is -4.94. The van der Waals surface area contributed by atoms with Gasteiger partial charge in [-0.1, -0.05) is 0 Å². The Kier molecular flexibility index (Phi) is 5.97. The van der Waals surface area contributed by atoms with Gasteiger partial charge < -0.3 is 9.97 Å². The third-order valence-electron chi connectivity index (χ3n) is 4.69. The molecule has 0 unspecified atom stereocenters. The van der Waals surface area contributed by atoms with E-state index in [-0.39, 0.29) is 27.9 Å². The maximum Gasteiger partial charge on any atom is 0.335 e. The Morgan fingerprint density at radius 3 is 1.73 bits per heavy atom. The molecule has 4 aromatic rings. The number of nitro benzene ring substituents is 2. The van der Waals surface area contributed by atoms with Crippen LogP contribution in [0, 0.1) is 44.2 Å². The molecule has 0 radical (unpaired) electrons. The van der Waals surface area contributed by atoms with Gasteiger partial charge in [0, 0.05) is 41.5 Å². The number of hydrogen-bond acceptors (Lipinski definition) is 8. The van der Waals surface area contributed by atoms with Crippen molar-refractivity contribution in [2.24, 2.45) is 0 Å². The Labute approximate surface area is 182 Å². The first kappa shape index (κ1) is 22.7. The van der Waals surface area contributed by atoms with Crippen LogP contribution in [-0.2, 0) is 0 Å². The summed E-state index contributed by atoms with van der Waals surface area (Å²) in [6.07, 6.45) is 0. The van der Waals surface area contributed by atoms with Crippen molar-refractivity contribution in [3.05, 3.63) is 105 Å². The highest BCUT2D eigenvalue weighted by Gasteiger charge is 2.20. The predicted molar refractivity (Wildman–Crippen MR) is 119 cm³/mol. The van der Waals surface area contributed by atoms with E-state index in [2.05, 4.69) is 9.97 Å². The lowest BCUT2D eigenvalue weighted by molar-refractivity contribution is -0.386. The van der Waals surface area contributed by atoms with Crippen molar-refractivity contribution >= 4 is 38.9 Å². The highest BCUT2D eigenvalue weighted by Crippen LogP contribution is 2.21. The number of H-pyrrole nitrogens is 2. The molecule has 0 aliphatic carbocycles. The Morgan fingerprint density at radius 2 is 1.21 bits per heavy atom. The number of non-ortho nitro benzene ring substituents is 2. The lowest BCUT2D eigenvalue weighted by atomic mass is 10.1. The number of nitrogens with zero attached hydrogens (tertiary/aromatic N) is 3. The molecule has 2 aromatic heterocycles. The Bertz CT molecular complexity index is 1570. The van der Waals surface area contributed by atoms with Crippen molar-refractivity contribution in [1.82, 2.24) is 9.97 Å². The van der Waals surface area contributed by atoms with Crippen molar-refractivity contribution in [2.75, 3.05) is 0 Å². The summed E-state index contributed by atoms with van der Waals surface area (Å²) in [6.45, 7) is 3.17. The summed E-state index contributed by atoms with van der Waals surface area (Å²) in [6, 6.07) is 9.23. The molecular weight excluding hydrogens is 438 g/mol. The van der Waals surface area contributed by atoms with Gasteiger partial charge >= 0.3 is 5.69 Å². The number of aromatic amines is 2. The standard InChI is InChI=1S/C10H7N3O5.C10H8N2O3/c1-5-9(13(17)18)10(14)7-4-6(12(15)16)2-3-8(7)11-5;1-6-4-10(13)8-5-7(12(14)15)2-3-9(8)11-6/h2-4H,1H3,(H,11,14);2-5H,1H3,(H,11,13). The van der Waals surface area contributed by atoms with Gasteiger partial charge in [-0.2, -0.15) is 0 Å². The normalized spacial score (nSPS) is 10.5. The molecule has 0 spiro atoms. The van der Waals surface area contributed by atoms with Crippen LogP contribution in [0.15, 0.2) is 52.1 Å². The third-order valence-corrected chi connectivity index (χ3v) is 4.69. The van der Waals surface area contributed by atoms with Gasteiger partial charge in [0.15, 0.2) is 5.43 Å². The number of rotatable bonds is 3. The number of pyridine rings is 2. The van der Waals surface area contributed by atoms with Crippen LogP contribution < -0.4 is 10.9 Å². The van der Waals surface area contributed by atoms with E-state index < -0.39 is 25.9 Å². The molecule has 0 bridgehead atoms.